The predicted molar refractivity (Wildman–Crippen MR) is 152 cm³/mol. The number of nitrogens with zero attached hydrogens (tertiary/aromatic N) is 1. The Kier molecular flexibility index (Phi) is 26.9. The maximum Gasteiger partial charge on any atom is 0.248 e. The van der Waals surface area contributed by atoms with Gasteiger partial charge in [-0.25, -0.2) is 9.79 Å². The van der Waals surface area contributed by atoms with Crippen molar-refractivity contribution < 1.29 is 4.79 Å². The number of hydrogen-bond acceptors (Lipinski definition) is 2. The van der Waals surface area contributed by atoms with Crippen LogP contribution < -0.4 is 0 Å². The number of carbonyl (C=O) groups excluding carboxylic acids is 1. The number of isocyanates is 1. The quantitative estimate of drug-likeness (QED) is 0.0348. The molecule has 0 saturated carbocycles. The maximum atomic E-state index is 9.96. The van der Waals surface area contributed by atoms with E-state index in [2.05, 4.69) is 4.99 Å². The second-order valence-corrected chi connectivity index (χ2v) is 18.5. The van der Waals surface area contributed by atoms with E-state index < -0.39 is 6.69 Å². The molecule has 2 nitrogen and oxygen atoms in total. The average Bonchev–Trinajstić information content (AvgIpc) is 2.78. The minimum atomic E-state index is -1.84. The van der Waals surface area contributed by atoms with E-state index in [9.17, 15) is 4.79 Å². The average molecular weight is 521 g/mol. The monoisotopic (exact) mass is 519 g/mol. The third-order valence-corrected chi connectivity index (χ3v) is 9.07. The lowest BCUT2D eigenvalue weighted by atomic mass is 10.0. The van der Waals surface area contributed by atoms with Gasteiger partial charge >= 0.3 is 0 Å². The van der Waals surface area contributed by atoms with Crippen LogP contribution in [0.1, 0.15) is 154 Å². The number of hydrogen-bond donors (Lipinski definition) is 0. The van der Waals surface area contributed by atoms with E-state index in [0.717, 1.165) is 12.5 Å². The van der Waals surface area contributed by atoms with Crippen LogP contribution in [0, 0.1) is 0 Å². The lowest BCUT2D eigenvalue weighted by Crippen LogP contribution is -2.11. The van der Waals surface area contributed by atoms with Gasteiger partial charge in [0.15, 0.2) is 0 Å². The number of unbranched alkanes of at least 4 members (excludes halogenated alkanes) is 23. The van der Waals surface area contributed by atoms with Crippen molar-refractivity contribution in [1.82, 2.24) is 0 Å². The van der Waals surface area contributed by atoms with Crippen LogP contribution in [-0.4, -0.2) is 19.3 Å². The summed E-state index contributed by atoms with van der Waals surface area (Å²) in [5, 5.41) is 0. The van der Waals surface area contributed by atoms with Crippen LogP contribution in [0.25, 0.3) is 0 Å². The molecule has 0 N–H and O–H groups in total. The van der Waals surface area contributed by atoms with Gasteiger partial charge in [0.25, 0.3) is 0 Å². The normalized spacial score (nSPS) is 11.6. The van der Waals surface area contributed by atoms with Gasteiger partial charge < -0.3 is 0 Å². The van der Waals surface area contributed by atoms with Crippen LogP contribution in [0.3, 0.4) is 0 Å². The second kappa shape index (κ2) is 26.8. The van der Waals surface area contributed by atoms with Crippen LogP contribution in [0.15, 0.2) is 4.99 Å². The molecule has 0 heterocycles. The van der Waals surface area contributed by atoms with Gasteiger partial charge in [0, 0.05) is 0 Å². The highest BCUT2D eigenvalue weighted by atomic mass is 35.7. The van der Waals surface area contributed by atoms with E-state index in [1.54, 1.807) is 6.08 Å². The summed E-state index contributed by atoms with van der Waals surface area (Å²) < 4.78 is 0. The van der Waals surface area contributed by atoms with Gasteiger partial charge in [-0.2, -0.15) is 0 Å². The molecule has 0 amide bonds. The van der Waals surface area contributed by atoms with Gasteiger partial charge in [-0.15, -0.1) is 22.2 Å². The maximum absolute atomic E-state index is 9.96. The van der Waals surface area contributed by atoms with E-state index in [4.69, 9.17) is 22.2 Å². The Morgan fingerprint density at radius 2 is 0.727 bits per heavy atom. The molecule has 196 valence electrons. The summed E-state index contributed by atoms with van der Waals surface area (Å²) in [6, 6.07) is 1.06. The molecule has 0 fully saturated rings. The second-order valence-electron chi connectivity index (χ2n) is 10.3. The molecular formula is C28H55Cl2NOSi. The molecule has 0 spiro atoms. The first-order chi connectivity index (χ1) is 16.1. The Morgan fingerprint density at radius 3 is 0.970 bits per heavy atom. The van der Waals surface area contributed by atoms with Crippen molar-refractivity contribution in [2.24, 2.45) is 4.99 Å². The Bertz CT molecular complexity index is 436. The van der Waals surface area contributed by atoms with Crippen LogP contribution in [0.5, 0.6) is 0 Å². The Morgan fingerprint density at radius 1 is 0.485 bits per heavy atom. The molecule has 0 aliphatic carbocycles. The molecule has 33 heavy (non-hydrogen) atoms. The highest BCUT2D eigenvalue weighted by Gasteiger charge is 2.19. The lowest BCUT2D eigenvalue weighted by molar-refractivity contribution is 0.517. The largest absolute Gasteiger partial charge is 0.248 e. The minimum Gasteiger partial charge on any atom is -0.211 e. The fourth-order valence-electron chi connectivity index (χ4n) is 4.56. The van der Waals surface area contributed by atoms with Gasteiger partial charge in [-0.3, -0.25) is 0 Å². The number of aliphatic imine (C=N–C) groups is 1. The first kappa shape index (κ1) is 33.2. The minimum absolute atomic E-state index is 0.664. The van der Waals surface area contributed by atoms with Gasteiger partial charge in [0.2, 0.25) is 12.8 Å². The summed E-state index contributed by atoms with van der Waals surface area (Å²) in [6.07, 6.45) is 34.7. The van der Waals surface area contributed by atoms with Crippen molar-refractivity contribution >= 4 is 34.9 Å². The van der Waals surface area contributed by atoms with E-state index in [1.807, 2.05) is 6.55 Å². The van der Waals surface area contributed by atoms with E-state index in [-0.39, 0.29) is 0 Å². The van der Waals surface area contributed by atoms with Gasteiger partial charge in [-0.1, -0.05) is 148 Å². The molecule has 0 radical (unpaired) electrons. The van der Waals surface area contributed by atoms with E-state index in [1.165, 1.54) is 148 Å². The number of rotatable bonds is 27. The van der Waals surface area contributed by atoms with Crippen molar-refractivity contribution in [3.63, 3.8) is 0 Å². The van der Waals surface area contributed by atoms with Gasteiger partial charge in [-0.05, 0) is 19.0 Å². The highest BCUT2D eigenvalue weighted by molar-refractivity contribution is 7.44. The Hall–Kier alpha value is 0.177. The summed E-state index contributed by atoms with van der Waals surface area (Å²) in [5.74, 6) is 0. The van der Waals surface area contributed by atoms with Gasteiger partial charge in [0.05, 0.1) is 6.54 Å². The lowest BCUT2D eigenvalue weighted by Gasteiger charge is -2.09. The zero-order valence-electron chi connectivity index (χ0n) is 22.0. The van der Waals surface area contributed by atoms with Crippen molar-refractivity contribution in [2.75, 3.05) is 6.54 Å². The number of halogens is 2. The highest BCUT2D eigenvalue weighted by Crippen LogP contribution is 2.23. The molecule has 0 aromatic heterocycles. The zero-order valence-corrected chi connectivity index (χ0v) is 24.5. The molecule has 5 heteroatoms. The molecule has 0 aromatic carbocycles. The summed E-state index contributed by atoms with van der Waals surface area (Å²) in [4.78, 5) is 13.6. The predicted octanol–water partition coefficient (Wildman–Crippen LogP) is 11.2. The molecule has 0 atom stereocenters. The van der Waals surface area contributed by atoms with Crippen LogP contribution in [-0.2, 0) is 4.79 Å². The van der Waals surface area contributed by atoms with Crippen LogP contribution in [0.2, 0.25) is 12.6 Å². The van der Waals surface area contributed by atoms with Crippen LogP contribution >= 0.6 is 22.2 Å². The first-order valence-electron chi connectivity index (χ1n) is 14.5. The summed E-state index contributed by atoms with van der Waals surface area (Å²) in [5.41, 5.74) is 0. The van der Waals surface area contributed by atoms with E-state index >= 15 is 0 Å². The summed E-state index contributed by atoms with van der Waals surface area (Å²) >= 11 is 12.3. The molecule has 0 aliphatic rings. The molecular weight excluding hydrogens is 465 g/mol. The smallest absolute Gasteiger partial charge is 0.211 e. The zero-order chi connectivity index (χ0) is 24.3. The molecule has 0 rings (SSSR count). The Balaban J connectivity index is 3.04. The fourth-order valence-corrected chi connectivity index (χ4v) is 6.23. The third kappa shape index (κ3) is 32.2. The fraction of sp³-hybridized carbons (Fsp3) is 0.964. The molecule has 0 saturated heterocycles. The molecule has 0 aromatic rings. The van der Waals surface area contributed by atoms with Gasteiger partial charge in [0.1, 0.15) is 0 Å². The summed E-state index contributed by atoms with van der Waals surface area (Å²) in [6.45, 7) is 0.852. The molecule has 0 unspecified atom stereocenters. The Labute approximate surface area is 217 Å². The topological polar surface area (TPSA) is 29.4 Å². The van der Waals surface area contributed by atoms with Crippen molar-refractivity contribution in [2.45, 2.75) is 167 Å². The van der Waals surface area contributed by atoms with Crippen LogP contribution in [0.4, 0.5) is 0 Å². The summed E-state index contributed by atoms with van der Waals surface area (Å²) in [7, 11) is 0. The van der Waals surface area contributed by atoms with Crippen molar-refractivity contribution in [1.29, 1.82) is 0 Å². The molecule has 0 bridgehead atoms. The van der Waals surface area contributed by atoms with Crippen molar-refractivity contribution in [3.8, 4) is 0 Å². The standard InChI is InChI=1S/C28H55Cl2NOSi/c1-33(29,30)27-25-23-21-19-17-15-13-11-9-7-5-3-2-4-6-8-10-12-14-16-18-20-22-24-26-31-28-32/h2-27H2,1H3. The van der Waals surface area contributed by atoms with Crippen molar-refractivity contribution in [3.05, 3.63) is 0 Å². The van der Waals surface area contributed by atoms with E-state index in [0.29, 0.717) is 6.54 Å². The SMILES string of the molecule is C[Si](Cl)(Cl)CCCCCCCCCCCCCCCCCCCCCCCCCCN=C=O. The third-order valence-electron chi connectivity index (χ3n) is 6.70. The first-order valence-corrected chi connectivity index (χ1v) is 19.2. The molecule has 0 aliphatic heterocycles.